The lowest BCUT2D eigenvalue weighted by Gasteiger charge is -2.30. The van der Waals surface area contributed by atoms with Crippen LogP contribution >= 0.6 is 0 Å². The second kappa shape index (κ2) is 12.9. The van der Waals surface area contributed by atoms with Gasteiger partial charge in [-0.2, -0.15) is 0 Å². The van der Waals surface area contributed by atoms with Crippen molar-refractivity contribution in [2.45, 2.75) is 44.7 Å². The number of fused-ring (bicyclic) bond motifs is 1. The minimum absolute atomic E-state index is 0.0222. The predicted molar refractivity (Wildman–Crippen MR) is 142 cm³/mol. The van der Waals surface area contributed by atoms with Crippen molar-refractivity contribution >= 4 is 22.6 Å². The maximum atomic E-state index is 13.9. The lowest BCUT2D eigenvalue weighted by atomic mass is 10.1. The van der Waals surface area contributed by atoms with Gasteiger partial charge < -0.3 is 20.1 Å². The third kappa shape index (κ3) is 6.95. The predicted octanol–water partition coefficient (Wildman–Crippen LogP) is 5.18. The molecule has 0 saturated carbocycles. The number of allylic oxidation sites excluding steroid dienone is 1. The number of carboxylic acids is 1. The van der Waals surface area contributed by atoms with E-state index in [-0.39, 0.29) is 25.0 Å². The molecular formula is C30H34N2O4. The number of carbonyl (C=O) groups is 2. The minimum atomic E-state index is -0.794. The Morgan fingerprint density at radius 2 is 1.78 bits per heavy atom. The number of nitrogens with one attached hydrogen (secondary N) is 1. The van der Waals surface area contributed by atoms with Gasteiger partial charge in [0.05, 0.1) is 5.57 Å². The molecule has 0 radical (unpaired) electrons. The van der Waals surface area contributed by atoms with E-state index in [0.717, 1.165) is 41.6 Å². The summed E-state index contributed by atoms with van der Waals surface area (Å²) < 4.78 is 6.24. The minimum Gasteiger partial charge on any atom is -0.488 e. The van der Waals surface area contributed by atoms with Gasteiger partial charge in [0.25, 0.3) is 5.91 Å². The molecule has 1 amide bonds. The normalized spacial score (nSPS) is 15.7. The van der Waals surface area contributed by atoms with Gasteiger partial charge in [-0.05, 0) is 49.2 Å². The van der Waals surface area contributed by atoms with Crippen molar-refractivity contribution in [3.8, 4) is 5.75 Å². The first-order chi connectivity index (χ1) is 17.6. The van der Waals surface area contributed by atoms with E-state index in [1.54, 1.807) is 0 Å². The van der Waals surface area contributed by atoms with Crippen LogP contribution in [0.3, 0.4) is 0 Å². The number of rotatable bonds is 12. The number of aliphatic carboxylic acids is 1. The molecule has 0 bridgehead atoms. The van der Waals surface area contributed by atoms with Gasteiger partial charge in [-0.3, -0.25) is 9.59 Å². The lowest BCUT2D eigenvalue weighted by Crippen LogP contribution is -2.42. The van der Waals surface area contributed by atoms with Crippen molar-refractivity contribution in [1.82, 2.24) is 10.2 Å². The monoisotopic (exact) mass is 486 g/mol. The summed E-state index contributed by atoms with van der Waals surface area (Å²) >= 11 is 0. The lowest BCUT2D eigenvalue weighted by molar-refractivity contribution is -0.137. The second-order valence-electron chi connectivity index (χ2n) is 9.20. The zero-order valence-corrected chi connectivity index (χ0v) is 20.6. The number of benzene rings is 3. The Hall–Kier alpha value is -3.64. The number of unbranched alkanes of at least 4 members (excludes halogenated alkanes) is 2. The van der Waals surface area contributed by atoms with Crippen molar-refractivity contribution in [2.75, 3.05) is 19.7 Å². The number of carbonyl (C=O) groups excluding carboxylic acids is 1. The molecule has 6 heteroatoms. The van der Waals surface area contributed by atoms with E-state index < -0.39 is 5.97 Å². The van der Waals surface area contributed by atoms with E-state index in [4.69, 9.17) is 9.84 Å². The maximum Gasteiger partial charge on any atom is 0.303 e. The van der Waals surface area contributed by atoms with Gasteiger partial charge in [0.2, 0.25) is 0 Å². The van der Waals surface area contributed by atoms with Crippen LogP contribution in [0.5, 0.6) is 5.75 Å². The van der Waals surface area contributed by atoms with Gasteiger partial charge in [0.1, 0.15) is 12.4 Å². The molecule has 3 aromatic carbocycles. The Morgan fingerprint density at radius 3 is 2.56 bits per heavy atom. The van der Waals surface area contributed by atoms with E-state index in [2.05, 4.69) is 5.32 Å². The number of nitrogens with zero attached hydrogens (tertiary/aromatic N) is 1. The van der Waals surface area contributed by atoms with Crippen LogP contribution in [0.1, 0.15) is 37.7 Å². The molecule has 0 aliphatic carbocycles. The third-order valence-electron chi connectivity index (χ3n) is 6.57. The molecule has 2 N–H and O–H groups in total. The molecular weight excluding hydrogens is 452 g/mol. The summed E-state index contributed by atoms with van der Waals surface area (Å²) in [5.74, 6) is -0.0711. The topological polar surface area (TPSA) is 78.9 Å². The largest absolute Gasteiger partial charge is 0.488 e. The molecule has 1 aliphatic heterocycles. The molecule has 4 rings (SSSR count). The zero-order chi connectivity index (χ0) is 25.2. The molecule has 1 fully saturated rings. The second-order valence-corrected chi connectivity index (χ2v) is 9.20. The molecule has 6 nitrogen and oxygen atoms in total. The maximum absolute atomic E-state index is 13.9. The van der Waals surface area contributed by atoms with Crippen molar-refractivity contribution < 1.29 is 19.4 Å². The summed E-state index contributed by atoms with van der Waals surface area (Å²) in [6, 6.07) is 24.1. The third-order valence-corrected chi connectivity index (χ3v) is 6.57. The number of hydrogen-bond donors (Lipinski definition) is 2. The molecule has 3 aromatic rings. The van der Waals surface area contributed by atoms with E-state index in [9.17, 15) is 9.59 Å². The van der Waals surface area contributed by atoms with Crippen molar-refractivity contribution in [3.05, 3.63) is 90.0 Å². The van der Waals surface area contributed by atoms with Gasteiger partial charge in [-0.15, -0.1) is 0 Å². The molecule has 188 valence electrons. The van der Waals surface area contributed by atoms with Gasteiger partial charge in [0.15, 0.2) is 0 Å². The fourth-order valence-corrected chi connectivity index (χ4v) is 4.62. The highest BCUT2D eigenvalue weighted by Crippen LogP contribution is 2.26. The van der Waals surface area contributed by atoms with E-state index in [1.165, 1.54) is 0 Å². The van der Waals surface area contributed by atoms with Crippen molar-refractivity contribution in [3.63, 3.8) is 0 Å². The van der Waals surface area contributed by atoms with Gasteiger partial charge in [-0.1, -0.05) is 72.8 Å². The van der Waals surface area contributed by atoms with E-state index in [0.29, 0.717) is 31.4 Å². The quantitative estimate of drug-likeness (QED) is 0.272. The Bertz CT molecular complexity index is 1180. The fourth-order valence-electron chi connectivity index (χ4n) is 4.62. The summed E-state index contributed by atoms with van der Waals surface area (Å²) in [7, 11) is 0. The molecule has 36 heavy (non-hydrogen) atoms. The van der Waals surface area contributed by atoms with Crippen LogP contribution in [0, 0.1) is 0 Å². The SMILES string of the molecule is O=C(O)CCCC/C=C(\COc1cccc2ccccc12)C(=O)N(Cc1ccccc1)C1CCNC1. The molecule has 1 saturated heterocycles. The number of carboxylic acid groups (broad SMARTS) is 1. The van der Waals surface area contributed by atoms with Crippen LogP contribution in [0.2, 0.25) is 0 Å². The fraction of sp³-hybridized carbons (Fsp3) is 0.333. The van der Waals surface area contributed by atoms with Crippen LogP contribution in [-0.4, -0.2) is 47.6 Å². The van der Waals surface area contributed by atoms with E-state index >= 15 is 0 Å². The standard InChI is InChI=1S/C30H34N2O4/c33-29(34)17-6-2-5-13-25(22-36-28-16-9-14-24-12-7-8-15-27(24)28)30(35)32(26-18-19-31-20-26)21-23-10-3-1-4-11-23/h1,3-4,7-16,26,31H,2,5-6,17-22H2,(H,33,34)/b25-13+. The molecule has 1 heterocycles. The average molecular weight is 487 g/mol. The summed E-state index contributed by atoms with van der Waals surface area (Å²) in [5, 5.41) is 14.4. The van der Waals surface area contributed by atoms with Crippen LogP contribution in [0.15, 0.2) is 84.4 Å². The number of hydrogen-bond acceptors (Lipinski definition) is 4. The van der Waals surface area contributed by atoms with Crippen LogP contribution in [0.25, 0.3) is 10.8 Å². The van der Waals surface area contributed by atoms with Crippen molar-refractivity contribution in [1.29, 1.82) is 0 Å². The first-order valence-corrected chi connectivity index (χ1v) is 12.7. The van der Waals surface area contributed by atoms with Gasteiger partial charge in [-0.25, -0.2) is 0 Å². The summed E-state index contributed by atoms with van der Waals surface area (Å²) in [6.07, 6.45) is 4.91. The molecule has 1 aliphatic rings. The first-order valence-electron chi connectivity index (χ1n) is 12.7. The van der Waals surface area contributed by atoms with Crippen molar-refractivity contribution in [2.24, 2.45) is 0 Å². The smallest absolute Gasteiger partial charge is 0.303 e. The Labute approximate surface area is 212 Å². The Morgan fingerprint density at radius 1 is 1.00 bits per heavy atom. The summed E-state index contributed by atoms with van der Waals surface area (Å²) in [6.45, 7) is 2.37. The Balaban J connectivity index is 1.55. The highest BCUT2D eigenvalue weighted by molar-refractivity contribution is 5.94. The molecule has 1 unspecified atom stereocenters. The molecule has 0 aromatic heterocycles. The van der Waals surface area contributed by atoms with E-state index in [1.807, 2.05) is 83.8 Å². The Kier molecular flexibility index (Phi) is 9.11. The van der Waals surface area contributed by atoms with Gasteiger partial charge in [0, 0.05) is 30.9 Å². The summed E-state index contributed by atoms with van der Waals surface area (Å²) in [5.41, 5.74) is 1.70. The van der Waals surface area contributed by atoms with Crippen LogP contribution < -0.4 is 10.1 Å². The average Bonchev–Trinajstić information content (AvgIpc) is 3.44. The molecule has 0 spiro atoms. The highest BCUT2D eigenvalue weighted by atomic mass is 16.5. The zero-order valence-electron chi connectivity index (χ0n) is 20.6. The van der Waals surface area contributed by atoms with Gasteiger partial charge >= 0.3 is 5.97 Å². The first kappa shape index (κ1) is 25.5. The summed E-state index contributed by atoms with van der Waals surface area (Å²) in [4.78, 5) is 26.8. The van der Waals surface area contributed by atoms with Crippen LogP contribution in [0.4, 0.5) is 0 Å². The number of ether oxygens (including phenoxy) is 1. The van der Waals surface area contributed by atoms with Crippen LogP contribution in [-0.2, 0) is 16.1 Å². The number of amides is 1. The molecule has 1 atom stereocenters. The highest BCUT2D eigenvalue weighted by Gasteiger charge is 2.29.